The van der Waals surface area contributed by atoms with Crippen molar-refractivity contribution in [3.05, 3.63) is 57.6 Å². The molecule has 0 atom stereocenters. The highest BCUT2D eigenvalue weighted by atomic mass is 35.5. The van der Waals surface area contributed by atoms with Crippen molar-refractivity contribution in [2.75, 3.05) is 26.2 Å². The number of non-ortho nitro benzene ring substituents is 1. The fraction of sp³-hybridized carbons (Fsp3) is 0.250. The van der Waals surface area contributed by atoms with Crippen LogP contribution in [-0.4, -0.2) is 43.8 Å². The van der Waals surface area contributed by atoms with Gasteiger partial charge in [0.15, 0.2) is 0 Å². The van der Waals surface area contributed by atoms with Crippen LogP contribution >= 0.6 is 23.4 Å². The smallest absolute Gasteiger partial charge is 0.270 e. The van der Waals surface area contributed by atoms with Crippen LogP contribution in [0.2, 0.25) is 5.02 Å². The summed E-state index contributed by atoms with van der Waals surface area (Å²) in [5, 5.41) is 14.8. The summed E-state index contributed by atoms with van der Waals surface area (Å²) < 4.78 is 27.5. The first kappa shape index (κ1) is 19.1. The topological polar surface area (TPSA) is 92.5 Å². The highest BCUT2D eigenvalue weighted by Crippen LogP contribution is 2.37. The van der Waals surface area contributed by atoms with Crippen LogP contribution in [0.4, 0.5) is 5.69 Å². The highest BCUT2D eigenvalue weighted by molar-refractivity contribution is 8.00. The van der Waals surface area contributed by atoms with E-state index in [1.54, 1.807) is 24.3 Å². The molecular weight excluding hydrogens is 398 g/mol. The van der Waals surface area contributed by atoms with E-state index in [1.165, 1.54) is 28.2 Å². The van der Waals surface area contributed by atoms with E-state index in [-0.39, 0.29) is 10.6 Å². The second kappa shape index (κ2) is 7.93. The standard InChI is InChI=1S/C16H16ClN3O4S2/c17-12-2-1-3-14(10-12)25-15-5-4-13(20(21)22)11-16(15)26(23,24)19-8-6-18-7-9-19/h1-5,10-11,18H,6-9H2. The third kappa shape index (κ3) is 4.18. The molecule has 1 heterocycles. The third-order valence-electron chi connectivity index (χ3n) is 3.86. The average molecular weight is 414 g/mol. The predicted octanol–water partition coefficient (Wildman–Crippen LogP) is 2.99. The quantitative estimate of drug-likeness (QED) is 0.598. The Morgan fingerprint density at radius 1 is 1.15 bits per heavy atom. The Kier molecular flexibility index (Phi) is 5.83. The summed E-state index contributed by atoms with van der Waals surface area (Å²) in [6.45, 7) is 1.74. The Labute approximate surface area is 160 Å². The maximum absolute atomic E-state index is 13.1. The van der Waals surface area contributed by atoms with Crippen molar-refractivity contribution in [1.82, 2.24) is 9.62 Å². The number of halogens is 1. The lowest BCUT2D eigenvalue weighted by Gasteiger charge is -2.27. The van der Waals surface area contributed by atoms with Gasteiger partial charge in [-0.25, -0.2) is 8.42 Å². The first-order valence-electron chi connectivity index (χ1n) is 7.80. The van der Waals surface area contributed by atoms with Crippen LogP contribution < -0.4 is 5.32 Å². The fourth-order valence-electron chi connectivity index (χ4n) is 2.58. The van der Waals surface area contributed by atoms with Crippen LogP contribution in [0, 0.1) is 10.1 Å². The van der Waals surface area contributed by atoms with Gasteiger partial charge in [-0.15, -0.1) is 0 Å². The molecule has 7 nitrogen and oxygen atoms in total. The van der Waals surface area contributed by atoms with E-state index in [0.717, 1.165) is 11.0 Å². The molecule has 1 aliphatic rings. The van der Waals surface area contributed by atoms with Gasteiger partial charge in [-0.1, -0.05) is 29.4 Å². The van der Waals surface area contributed by atoms with Crippen LogP contribution in [0.5, 0.6) is 0 Å². The van der Waals surface area contributed by atoms with Crippen molar-refractivity contribution in [2.24, 2.45) is 0 Å². The van der Waals surface area contributed by atoms with Crippen LogP contribution in [0.1, 0.15) is 0 Å². The van der Waals surface area contributed by atoms with Crippen LogP contribution in [0.15, 0.2) is 57.2 Å². The number of nitrogens with zero attached hydrogens (tertiary/aromatic N) is 2. The number of nitro groups is 1. The minimum absolute atomic E-state index is 0.0569. The molecule has 0 unspecified atom stereocenters. The monoisotopic (exact) mass is 413 g/mol. The van der Waals surface area contributed by atoms with E-state index in [1.807, 2.05) is 0 Å². The number of hydrogen-bond acceptors (Lipinski definition) is 6. The zero-order chi connectivity index (χ0) is 18.7. The molecule has 0 saturated carbocycles. The minimum Gasteiger partial charge on any atom is -0.314 e. The number of hydrogen-bond donors (Lipinski definition) is 1. The van der Waals surface area contributed by atoms with Gasteiger partial charge in [0.2, 0.25) is 10.0 Å². The Morgan fingerprint density at radius 2 is 1.88 bits per heavy atom. The largest absolute Gasteiger partial charge is 0.314 e. The Morgan fingerprint density at radius 3 is 2.54 bits per heavy atom. The number of rotatable bonds is 5. The lowest BCUT2D eigenvalue weighted by atomic mass is 10.3. The first-order valence-corrected chi connectivity index (χ1v) is 10.4. The van der Waals surface area contributed by atoms with Crippen LogP contribution in [0.25, 0.3) is 0 Å². The number of nitro benzene ring substituents is 1. The van der Waals surface area contributed by atoms with Crippen LogP contribution in [-0.2, 0) is 10.0 Å². The maximum atomic E-state index is 13.1. The van der Waals surface area contributed by atoms with Crippen LogP contribution in [0.3, 0.4) is 0 Å². The minimum atomic E-state index is -3.84. The molecule has 3 rings (SSSR count). The van der Waals surface area contributed by atoms with E-state index in [9.17, 15) is 18.5 Å². The Balaban J connectivity index is 2.05. The molecular formula is C16H16ClN3O4S2. The Hall–Kier alpha value is -1.65. The average Bonchev–Trinajstić information content (AvgIpc) is 2.62. The molecule has 1 N–H and O–H groups in total. The zero-order valence-electron chi connectivity index (χ0n) is 13.6. The normalized spacial score (nSPS) is 15.7. The summed E-state index contributed by atoms with van der Waals surface area (Å²) in [5.41, 5.74) is -0.255. The first-order chi connectivity index (χ1) is 12.4. The van der Waals surface area contributed by atoms with Crippen molar-refractivity contribution in [1.29, 1.82) is 0 Å². The van der Waals surface area contributed by atoms with Gasteiger partial charge in [-0.2, -0.15) is 4.31 Å². The van der Waals surface area contributed by atoms with Crippen molar-refractivity contribution in [2.45, 2.75) is 14.7 Å². The summed E-state index contributed by atoms with van der Waals surface area (Å²) in [6, 6.07) is 10.9. The molecule has 0 radical (unpaired) electrons. The second-order valence-corrected chi connectivity index (χ2v) is 9.06. The molecule has 2 aromatic carbocycles. The fourth-order valence-corrected chi connectivity index (χ4v) is 5.69. The molecule has 2 aromatic rings. The van der Waals surface area contributed by atoms with Gasteiger partial charge < -0.3 is 5.32 Å². The van der Waals surface area contributed by atoms with Crippen molar-refractivity contribution < 1.29 is 13.3 Å². The molecule has 138 valence electrons. The molecule has 1 saturated heterocycles. The number of piperazine rings is 1. The molecule has 0 aromatic heterocycles. The molecule has 1 aliphatic heterocycles. The number of benzene rings is 2. The summed E-state index contributed by atoms with van der Waals surface area (Å²) in [4.78, 5) is 11.7. The van der Waals surface area contributed by atoms with Gasteiger partial charge in [-0.3, -0.25) is 10.1 Å². The van der Waals surface area contributed by atoms with Gasteiger partial charge in [0.05, 0.1) is 4.92 Å². The van der Waals surface area contributed by atoms with Gasteiger partial charge in [0.1, 0.15) is 4.90 Å². The van der Waals surface area contributed by atoms with E-state index in [0.29, 0.717) is 36.1 Å². The van der Waals surface area contributed by atoms with Crippen molar-refractivity contribution in [3.63, 3.8) is 0 Å². The second-order valence-electron chi connectivity index (χ2n) is 5.60. The third-order valence-corrected chi connectivity index (χ3v) is 7.22. The van der Waals surface area contributed by atoms with E-state index in [4.69, 9.17) is 11.6 Å². The van der Waals surface area contributed by atoms with Crippen molar-refractivity contribution >= 4 is 39.1 Å². The van der Waals surface area contributed by atoms with Gasteiger partial charge >= 0.3 is 0 Å². The number of nitrogens with one attached hydrogen (secondary N) is 1. The van der Waals surface area contributed by atoms with Crippen molar-refractivity contribution in [3.8, 4) is 0 Å². The SMILES string of the molecule is O=[N+]([O-])c1ccc(Sc2cccc(Cl)c2)c(S(=O)(=O)N2CCNCC2)c1. The van der Waals surface area contributed by atoms with Gasteiger partial charge in [0, 0.05) is 53.1 Å². The molecule has 26 heavy (non-hydrogen) atoms. The molecule has 10 heteroatoms. The Bertz CT molecular complexity index is 931. The lowest BCUT2D eigenvalue weighted by Crippen LogP contribution is -2.46. The molecule has 0 bridgehead atoms. The summed E-state index contributed by atoms with van der Waals surface area (Å²) in [6.07, 6.45) is 0. The molecule has 0 spiro atoms. The zero-order valence-corrected chi connectivity index (χ0v) is 16.0. The lowest BCUT2D eigenvalue weighted by molar-refractivity contribution is -0.385. The van der Waals surface area contributed by atoms with E-state index < -0.39 is 14.9 Å². The summed E-state index contributed by atoms with van der Waals surface area (Å²) in [5.74, 6) is 0. The molecule has 1 fully saturated rings. The van der Waals surface area contributed by atoms with E-state index in [2.05, 4.69) is 5.32 Å². The number of sulfonamides is 1. The summed E-state index contributed by atoms with van der Waals surface area (Å²) in [7, 11) is -3.84. The molecule has 0 aliphatic carbocycles. The summed E-state index contributed by atoms with van der Waals surface area (Å²) >= 11 is 7.20. The molecule has 0 amide bonds. The van der Waals surface area contributed by atoms with Gasteiger partial charge in [-0.05, 0) is 24.3 Å². The van der Waals surface area contributed by atoms with Gasteiger partial charge in [0.25, 0.3) is 5.69 Å². The highest BCUT2D eigenvalue weighted by Gasteiger charge is 2.30. The predicted molar refractivity (Wildman–Crippen MR) is 100 cm³/mol. The maximum Gasteiger partial charge on any atom is 0.270 e. The van der Waals surface area contributed by atoms with E-state index >= 15 is 0 Å².